The van der Waals surface area contributed by atoms with Gasteiger partial charge in [-0.1, -0.05) is 15.9 Å². The molecular formula is C8H7Br2NO. The zero-order chi connectivity index (χ0) is 9.30. The van der Waals surface area contributed by atoms with Crippen molar-refractivity contribution in [2.24, 2.45) is 5.73 Å². The molecule has 0 aromatic heterocycles. The minimum Gasteiger partial charge on any atom is -0.366 e. The van der Waals surface area contributed by atoms with E-state index >= 15 is 0 Å². The van der Waals surface area contributed by atoms with Gasteiger partial charge in [-0.3, -0.25) is 4.79 Å². The molecule has 0 fully saturated rings. The Kier molecular flexibility index (Phi) is 2.90. The summed E-state index contributed by atoms with van der Waals surface area (Å²) in [5.74, 6) is -0.419. The molecule has 0 radical (unpaired) electrons. The van der Waals surface area contributed by atoms with E-state index in [0.717, 1.165) is 14.5 Å². The van der Waals surface area contributed by atoms with Gasteiger partial charge in [0.2, 0.25) is 5.91 Å². The Bertz CT molecular complexity index is 336. The van der Waals surface area contributed by atoms with Gasteiger partial charge in [0.1, 0.15) is 0 Å². The van der Waals surface area contributed by atoms with Crippen LogP contribution in [-0.4, -0.2) is 5.91 Å². The largest absolute Gasteiger partial charge is 0.366 e. The maximum Gasteiger partial charge on any atom is 0.249 e. The summed E-state index contributed by atoms with van der Waals surface area (Å²) in [5, 5.41) is 0. The summed E-state index contributed by atoms with van der Waals surface area (Å²) in [7, 11) is 0. The third-order valence-corrected chi connectivity index (χ3v) is 3.47. The van der Waals surface area contributed by atoms with Gasteiger partial charge in [0, 0.05) is 8.95 Å². The van der Waals surface area contributed by atoms with Crippen molar-refractivity contribution in [2.75, 3.05) is 0 Å². The summed E-state index contributed by atoms with van der Waals surface area (Å²) < 4.78 is 1.71. The molecule has 0 saturated heterocycles. The van der Waals surface area contributed by atoms with Crippen LogP contribution in [0.4, 0.5) is 0 Å². The number of primary amides is 1. The van der Waals surface area contributed by atoms with E-state index in [4.69, 9.17) is 5.73 Å². The molecule has 12 heavy (non-hydrogen) atoms. The van der Waals surface area contributed by atoms with Gasteiger partial charge in [-0.2, -0.15) is 0 Å². The quantitative estimate of drug-likeness (QED) is 0.849. The van der Waals surface area contributed by atoms with Crippen LogP contribution in [0.5, 0.6) is 0 Å². The molecule has 0 aliphatic carbocycles. The van der Waals surface area contributed by atoms with Crippen molar-refractivity contribution in [1.29, 1.82) is 0 Å². The van der Waals surface area contributed by atoms with E-state index in [-0.39, 0.29) is 0 Å². The summed E-state index contributed by atoms with van der Waals surface area (Å²) in [6.07, 6.45) is 0. The third kappa shape index (κ3) is 1.69. The Morgan fingerprint density at radius 2 is 2.00 bits per heavy atom. The predicted octanol–water partition coefficient (Wildman–Crippen LogP) is 2.62. The van der Waals surface area contributed by atoms with Crippen LogP contribution >= 0.6 is 31.9 Å². The van der Waals surface area contributed by atoms with Gasteiger partial charge < -0.3 is 5.73 Å². The van der Waals surface area contributed by atoms with E-state index in [2.05, 4.69) is 31.9 Å². The molecule has 1 aromatic carbocycles. The zero-order valence-electron chi connectivity index (χ0n) is 6.40. The third-order valence-electron chi connectivity index (χ3n) is 1.59. The SMILES string of the molecule is Cc1c(Br)ccc(C(N)=O)c1Br. The molecule has 0 saturated carbocycles. The van der Waals surface area contributed by atoms with E-state index in [9.17, 15) is 4.79 Å². The van der Waals surface area contributed by atoms with Crippen molar-refractivity contribution >= 4 is 37.8 Å². The van der Waals surface area contributed by atoms with E-state index < -0.39 is 5.91 Å². The molecule has 0 atom stereocenters. The summed E-state index contributed by atoms with van der Waals surface area (Å²) in [5.41, 5.74) is 6.64. The van der Waals surface area contributed by atoms with Crippen molar-refractivity contribution in [3.8, 4) is 0 Å². The monoisotopic (exact) mass is 291 g/mol. The maximum atomic E-state index is 10.9. The fourth-order valence-corrected chi connectivity index (χ4v) is 1.99. The molecule has 0 bridgehead atoms. The fraction of sp³-hybridized carbons (Fsp3) is 0.125. The standard InChI is InChI=1S/C8H7Br2NO/c1-4-6(9)3-2-5(7(4)10)8(11)12/h2-3H,1H3,(H2,11,12). The van der Waals surface area contributed by atoms with Crippen LogP contribution in [0.3, 0.4) is 0 Å². The average Bonchev–Trinajstić information content (AvgIpc) is 2.00. The van der Waals surface area contributed by atoms with E-state index in [1.807, 2.05) is 6.92 Å². The van der Waals surface area contributed by atoms with Gasteiger partial charge >= 0.3 is 0 Å². The number of hydrogen-bond acceptors (Lipinski definition) is 1. The van der Waals surface area contributed by atoms with Crippen LogP contribution < -0.4 is 5.73 Å². The first kappa shape index (κ1) is 9.74. The minimum atomic E-state index is -0.419. The second-order valence-corrected chi connectivity index (χ2v) is 4.05. The molecule has 64 valence electrons. The molecule has 2 nitrogen and oxygen atoms in total. The van der Waals surface area contributed by atoms with Crippen LogP contribution in [0.15, 0.2) is 21.1 Å². The van der Waals surface area contributed by atoms with Crippen molar-refractivity contribution in [3.05, 3.63) is 32.2 Å². The summed E-state index contributed by atoms with van der Waals surface area (Å²) in [6, 6.07) is 3.49. The molecule has 1 aromatic rings. The number of carbonyl (C=O) groups excluding carboxylic acids is 1. The molecule has 0 aliphatic rings. The minimum absolute atomic E-state index is 0.419. The Balaban J connectivity index is 3.36. The Hall–Kier alpha value is -0.350. The summed E-state index contributed by atoms with van der Waals surface area (Å²) in [4.78, 5) is 10.9. The van der Waals surface area contributed by atoms with Gasteiger partial charge in [0.15, 0.2) is 0 Å². The number of carbonyl (C=O) groups is 1. The molecule has 1 rings (SSSR count). The van der Waals surface area contributed by atoms with Crippen LogP contribution in [0.2, 0.25) is 0 Å². The molecule has 0 unspecified atom stereocenters. The fourth-order valence-electron chi connectivity index (χ4n) is 0.852. The van der Waals surface area contributed by atoms with Crippen molar-refractivity contribution < 1.29 is 4.79 Å². The highest BCUT2D eigenvalue weighted by Gasteiger charge is 2.09. The van der Waals surface area contributed by atoms with E-state index in [1.54, 1.807) is 12.1 Å². The Morgan fingerprint density at radius 1 is 1.42 bits per heavy atom. The number of amides is 1. The average molecular weight is 293 g/mol. The highest BCUT2D eigenvalue weighted by Crippen LogP contribution is 2.27. The molecule has 4 heteroatoms. The summed E-state index contributed by atoms with van der Waals surface area (Å²) in [6.45, 7) is 1.90. The number of benzene rings is 1. The predicted molar refractivity (Wildman–Crippen MR) is 55.1 cm³/mol. The highest BCUT2D eigenvalue weighted by molar-refractivity contribution is 9.11. The number of halogens is 2. The molecule has 0 heterocycles. The molecule has 0 aliphatic heterocycles. The van der Waals surface area contributed by atoms with Crippen molar-refractivity contribution in [1.82, 2.24) is 0 Å². The lowest BCUT2D eigenvalue weighted by Crippen LogP contribution is -2.12. The van der Waals surface area contributed by atoms with Crippen LogP contribution in [0.25, 0.3) is 0 Å². The van der Waals surface area contributed by atoms with Crippen LogP contribution in [0.1, 0.15) is 15.9 Å². The highest BCUT2D eigenvalue weighted by atomic mass is 79.9. The van der Waals surface area contributed by atoms with Gasteiger partial charge in [0.25, 0.3) is 0 Å². The van der Waals surface area contributed by atoms with Gasteiger partial charge in [-0.25, -0.2) is 0 Å². The summed E-state index contributed by atoms with van der Waals surface area (Å²) >= 11 is 6.65. The normalized spacial score (nSPS) is 9.92. The number of rotatable bonds is 1. The Morgan fingerprint density at radius 3 is 2.50 bits per heavy atom. The lowest BCUT2D eigenvalue weighted by molar-refractivity contribution is 0.0999. The van der Waals surface area contributed by atoms with Crippen LogP contribution in [0, 0.1) is 6.92 Å². The topological polar surface area (TPSA) is 43.1 Å². The lowest BCUT2D eigenvalue weighted by atomic mass is 10.1. The van der Waals surface area contributed by atoms with Crippen molar-refractivity contribution in [2.45, 2.75) is 6.92 Å². The number of hydrogen-bond donors (Lipinski definition) is 1. The lowest BCUT2D eigenvalue weighted by Gasteiger charge is -2.04. The first-order chi connectivity index (χ1) is 5.54. The molecule has 0 spiro atoms. The maximum absolute atomic E-state index is 10.9. The van der Waals surface area contributed by atoms with Gasteiger partial charge in [0.05, 0.1) is 5.56 Å². The molecule has 2 N–H and O–H groups in total. The van der Waals surface area contributed by atoms with Gasteiger partial charge in [-0.15, -0.1) is 0 Å². The smallest absolute Gasteiger partial charge is 0.249 e. The van der Waals surface area contributed by atoms with Gasteiger partial charge in [-0.05, 0) is 40.5 Å². The second-order valence-electron chi connectivity index (χ2n) is 2.40. The van der Waals surface area contributed by atoms with E-state index in [0.29, 0.717) is 5.56 Å². The first-order valence-electron chi connectivity index (χ1n) is 3.28. The molecule has 1 amide bonds. The molecular weight excluding hydrogens is 286 g/mol. The second kappa shape index (κ2) is 3.58. The van der Waals surface area contributed by atoms with Crippen molar-refractivity contribution in [3.63, 3.8) is 0 Å². The first-order valence-corrected chi connectivity index (χ1v) is 4.87. The Labute approximate surface area is 87.4 Å². The number of nitrogens with two attached hydrogens (primary N) is 1. The van der Waals surface area contributed by atoms with E-state index in [1.165, 1.54) is 0 Å². The van der Waals surface area contributed by atoms with Crippen LogP contribution in [-0.2, 0) is 0 Å². The zero-order valence-corrected chi connectivity index (χ0v) is 9.57.